The normalized spacial score (nSPS) is 16.4. The Labute approximate surface area is 162 Å². The monoisotopic (exact) mass is 383 g/mol. The number of carbonyl (C=O) groups is 1. The summed E-state index contributed by atoms with van der Waals surface area (Å²) >= 11 is 1.12. The minimum Gasteiger partial charge on any atom is -0.497 e. The third-order valence-electron chi connectivity index (χ3n) is 3.88. The van der Waals surface area contributed by atoms with Crippen LogP contribution in [0.25, 0.3) is 0 Å². The van der Waals surface area contributed by atoms with Crippen molar-refractivity contribution in [2.75, 3.05) is 18.7 Å². The summed E-state index contributed by atoms with van der Waals surface area (Å²) < 4.78 is 10.8. The number of carbonyl (C=O) groups excluding carboxylic acids is 1. The molecule has 1 atom stereocenters. The number of thioether (sulfide) groups is 1. The van der Waals surface area contributed by atoms with E-state index < -0.39 is 5.92 Å². The lowest BCUT2D eigenvalue weighted by atomic mass is 10.1. The van der Waals surface area contributed by atoms with Gasteiger partial charge in [-0.25, -0.2) is 0 Å². The second-order valence-corrected chi connectivity index (χ2v) is 6.76. The van der Waals surface area contributed by atoms with Crippen molar-refractivity contribution in [2.45, 2.75) is 11.8 Å². The number of para-hydroxylation sites is 1. The maximum atomic E-state index is 12.8. The molecule has 2 aromatic rings. The maximum Gasteiger partial charge on any atom is 0.212 e. The number of anilines is 1. The van der Waals surface area contributed by atoms with Crippen LogP contribution in [0.5, 0.6) is 5.75 Å². The average Bonchev–Trinajstić information content (AvgIpc) is 2.70. The number of hydrogen-bond acceptors (Lipinski definition) is 7. The van der Waals surface area contributed by atoms with E-state index in [2.05, 4.69) is 5.10 Å². The van der Waals surface area contributed by atoms with Crippen LogP contribution in [0.2, 0.25) is 0 Å². The lowest BCUT2D eigenvalue weighted by molar-refractivity contribution is -0.111. The predicted octanol–water partition coefficient (Wildman–Crippen LogP) is 3.60. The lowest BCUT2D eigenvalue weighted by Gasteiger charge is -2.28. The Kier molecular flexibility index (Phi) is 6.03. The van der Waals surface area contributed by atoms with E-state index in [1.165, 1.54) is 0 Å². The van der Waals surface area contributed by atoms with Crippen LogP contribution >= 0.6 is 11.8 Å². The molecular formula is C20H21N3O3S. The molecule has 0 spiro atoms. The molecule has 140 valence electrons. The Hall–Kier alpha value is -2.93. The van der Waals surface area contributed by atoms with Gasteiger partial charge >= 0.3 is 0 Å². The van der Waals surface area contributed by atoms with Gasteiger partial charge in [0.2, 0.25) is 11.0 Å². The molecule has 0 aliphatic carbocycles. The molecule has 0 amide bonds. The molecule has 1 unspecified atom stereocenters. The quantitative estimate of drug-likeness (QED) is 0.768. The van der Waals surface area contributed by atoms with Crippen molar-refractivity contribution in [3.63, 3.8) is 0 Å². The van der Waals surface area contributed by atoms with Gasteiger partial charge in [0.05, 0.1) is 19.4 Å². The number of benzene rings is 2. The van der Waals surface area contributed by atoms with Gasteiger partial charge in [0.25, 0.3) is 0 Å². The molecular weight excluding hydrogens is 362 g/mol. The van der Waals surface area contributed by atoms with E-state index in [4.69, 9.17) is 15.2 Å². The van der Waals surface area contributed by atoms with Gasteiger partial charge in [-0.2, -0.15) is 10.1 Å². The second-order valence-electron chi connectivity index (χ2n) is 5.68. The summed E-state index contributed by atoms with van der Waals surface area (Å²) in [6.07, 6.45) is 1.72. The van der Waals surface area contributed by atoms with E-state index in [1.807, 2.05) is 61.5 Å². The van der Waals surface area contributed by atoms with Crippen molar-refractivity contribution < 1.29 is 14.3 Å². The number of amidine groups is 1. The van der Waals surface area contributed by atoms with Crippen LogP contribution in [-0.4, -0.2) is 24.7 Å². The highest BCUT2D eigenvalue weighted by Crippen LogP contribution is 2.30. The zero-order chi connectivity index (χ0) is 19.2. The number of hydrazone groups is 1. The molecule has 0 aromatic heterocycles. The highest BCUT2D eigenvalue weighted by Gasteiger charge is 2.30. The van der Waals surface area contributed by atoms with E-state index >= 15 is 0 Å². The van der Waals surface area contributed by atoms with Crippen LogP contribution in [-0.2, 0) is 9.53 Å². The molecule has 3 rings (SSSR count). The Balaban J connectivity index is 1.81. The topological polar surface area (TPSA) is 77.1 Å². The summed E-state index contributed by atoms with van der Waals surface area (Å²) in [5, 5.41) is 5.90. The molecule has 27 heavy (non-hydrogen) atoms. The summed E-state index contributed by atoms with van der Waals surface area (Å²) in [7, 11) is 1.60. The number of methoxy groups -OCH3 is 1. The zero-order valence-corrected chi connectivity index (χ0v) is 16.0. The highest BCUT2D eigenvalue weighted by molar-refractivity contribution is 8.13. The molecule has 0 saturated heterocycles. The van der Waals surface area contributed by atoms with Gasteiger partial charge in [0.15, 0.2) is 0 Å². The highest BCUT2D eigenvalue weighted by atomic mass is 32.2. The van der Waals surface area contributed by atoms with Crippen LogP contribution in [0.3, 0.4) is 0 Å². The third-order valence-corrected chi connectivity index (χ3v) is 4.84. The third kappa shape index (κ3) is 4.43. The van der Waals surface area contributed by atoms with Crippen molar-refractivity contribution >= 4 is 28.4 Å². The molecule has 7 heteroatoms. The number of rotatable bonds is 6. The van der Waals surface area contributed by atoms with Gasteiger partial charge in [-0.3, -0.25) is 4.79 Å². The smallest absolute Gasteiger partial charge is 0.212 e. The van der Waals surface area contributed by atoms with E-state index in [-0.39, 0.29) is 11.0 Å². The molecule has 2 aromatic carbocycles. The van der Waals surface area contributed by atoms with Crippen LogP contribution in [0.15, 0.2) is 76.6 Å². The van der Waals surface area contributed by atoms with Crippen LogP contribution in [0, 0.1) is 5.92 Å². The average molecular weight is 383 g/mol. The van der Waals surface area contributed by atoms with Crippen molar-refractivity contribution in [1.29, 1.82) is 0 Å². The molecule has 0 bridgehead atoms. The number of nitrogens with two attached hydrogens (primary N) is 1. The van der Waals surface area contributed by atoms with Crippen molar-refractivity contribution in [3.05, 3.63) is 66.6 Å². The Bertz CT molecular complexity index is 851. The van der Waals surface area contributed by atoms with Crippen molar-refractivity contribution in [2.24, 2.45) is 16.8 Å². The Morgan fingerprint density at radius 3 is 2.52 bits per heavy atom. The molecule has 1 aliphatic rings. The summed E-state index contributed by atoms with van der Waals surface area (Å²) in [6.45, 7) is 2.34. The maximum absolute atomic E-state index is 12.8. The molecule has 2 N–H and O–H groups in total. The first-order valence-electron chi connectivity index (χ1n) is 8.52. The largest absolute Gasteiger partial charge is 0.497 e. The SMILES string of the molecule is CCOC1=CC(C(=O)Sc2ccc(OC)cc2)C(N)=NN1c1ccccc1. The first-order valence-corrected chi connectivity index (χ1v) is 9.33. The Morgan fingerprint density at radius 1 is 1.19 bits per heavy atom. The van der Waals surface area contributed by atoms with E-state index in [0.717, 1.165) is 28.1 Å². The zero-order valence-electron chi connectivity index (χ0n) is 15.2. The summed E-state index contributed by atoms with van der Waals surface area (Å²) in [5.74, 6) is 0.807. The second kappa shape index (κ2) is 8.64. The summed E-state index contributed by atoms with van der Waals surface area (Å²) in [4.78, 5) is 13.6. The van der Waals surface area contributed by atoms with Crippen LogP contribution in [0.1, 0.15) is 6.92 Å². The molecule has 6 nitrogen and oxygen atoms in total. The van der Waals surface area contributed by atoms with Gasteiger partial charge in [0, 0.05) is 4.90 Å². The minimum atomic E-state index is -0.654. The Morgan fingerprint density at radius 2 is 1.89 bits per heavy atom. The number of ether oxygens (including phenoxy) is 2. The predicted molar refractivity (Wildman–Crippen MR) is 108 cm³/mol. The first kappa shape index (κ1) is 18.8. The molecule has 1 aliphatic heterocycles. The minimum absolute atomic E-state index is 0.119. The molecule has 1 heterocycles. The van der Waals surface area contributed by atoms with Gasteiger partial charge in [-0.1, -0.05) is 30.0 Å². The van der Waals surface area contributed by atoms with Gasteiger partial charge < -0.3 is 15.2 Å². The summed E-state index contributed by atoms with van der Waals surface area (Å²) in [6, 6.07) is 16.8. The fourth-order valence-corrected chi connectivity index (χ4v) is 3.37. The standard InChI is InChI=1S/C20H21N3O3S/c1-3-26-18-13-17(19(21)22-23(18)14-7-5-4-6-8-14)20(24)27-16-11-9-15(25-2)10-12-16/h4-13,17H,3H2,1-2H3,(H2,21,22). The molecule has 0 fully saturated rings. The van der Waals surface area contributed by atoms with Gasteiger partial charge in [-0.15, -0.1) is 0 Å². The number of nitrogens with zero attached hydrogens (tertiary/aromatic N) is 2. The van der Waals surface area contributed by atoms with E-state index in [0.29, 0.717) is 12.5 Å². The fourth-order valence-electron chi connectivity index (χ4n) is 2.55. The van der Waals surface area contributed by atoms with Crippen LogP contribution < -0.4 is 15.5 Å². The van der Waals surface area contributed by atoms with Crippen molar-refractivity contribution in [3.8, 4) is 5.75 Å². The number of hydrogen-bond donors (Lipinski definition) is 1. The van der Waals surface area contributed by atoms with Gasteiger partial charge in [0.1, 0.15) is 17.5 Å². The molecule has 0 radical (unpaired) electrons. The van der Waals surface area contributed by atoms with Crippen molar-refractivity contribution in [1.82, 2.24) is 0 Å². The lowest BCUT2D eigenvalue weighted by Crippen LogP contribution is -2.36. The molecule has 0 saturated carbocycles. The van der Waals surface area contributed by atoms with Gasteiger partial charge in [-0.05, 0) is 49.4 Å². The van der Waals surface area contributed by atoms with E-state index in [9.17, 15) is 4.79 Å². The van der Waals surface area contributed by atoms with E-state index in [1.54, 1.807) is 18.2 Å². The van der Waals surface area contributed by atoms with Crippen LogP contribution in [0.4, 0.5) is 5.69 Å². The first-order chi connectivity index (χ1) is 13.1. The fraction of sp³-hybridized carbons (Fsp3) is 0.200. The summed E-state index contributed by atoms with van der Waals surface area (Å²) in [5.41, 5.74) is 6.93.